The van der Waals surface area contributed by atoms with Gasteiger partial charge in [-0.25, -0.2) is 9.78 Å². The lowest BCUT2D eigenvalue weighted by molar-refractivity contribution is -0.132. The predicted molar refractivity (Wildman–Crippen MR) is 145 cm³/mol. The highest BCUT2D eigenvalue weighted by molar-refractivity contribution is 7.22. The van der Waals surface area contributed by atoms with Gasteiger partial charge in [-0.3, -0.25) is 14.5 Å². The molecular formula is C29H24N2O6S. The zero-order valence-electron chi connectivity index (χ0n) is 20.9. The first-order chi connectivity index (χ1) is 18.3. The minimum absolute atomic E-state index is 0.0691. The number of hydrogen-bond acceptors (Lipinski definition) is 8. The molecule has 8 nitrogen and oxygen atoms in total. The van der Waals surface area contributed by atoms with Gasteiger partial charge in [0.1, 0.15) is 11.5 Å². The van der Waals surface area contributed by atoms with Crippen LogP contribution in [0.15, 0.2) is 72.3 Å². The number of anilines is 1. The van der Waals surface area contributed by atoms with Gasteiger partial charge in [0, 0.05) is 5.56 Å². The maximum Gasteiger partial charge on any atom is 0.337 e. The molecule has 0 spiro atoms. The Morgan fingerprint density at radius 1 is 1.03 bits per heavy atom. The molecule has 192 valence electrons. The van der Waals surface area contributed by atoms with Gasteiger partial charge < -0.3 is 14.6 Å². The number of aromatic nitrogens is 1. The van der Waals surface area contributed by atoms with Crippen LogP contribution in [0.4, 0.5) is 5.13 Å². The number of aliphatic hydroxyl groups excluding tert-OH is 1. The molecule has 9 heteroatoms. The van der Waals surface area contributed by atoms with Gasteiger partial charge in [0.2, 0.25) is 0 Å². The van der Waals surface area contributed by atoms with Crippen molar-refractivity contribution in [2.24, 2.45) is 0 Å². The highest BCUT2D eigenvalue weighted by Gasteiger charge is 2.48. The van der Waals surface area contributed by atoms with Crippen molar-refractivity contribution in [3.8, 4) is 5.75 Å². The van der Waals surface area contributed by atoms with Crippen molar-refractivity contribution >= 4 is 50.1 Å². The lowest BCUT2D eigenvalue weighted by atomic mass is 9.94. The number of benzene rings is 3. The molecule has 1 unspecified atom stereocenters. The Bertz CT molecular complexity index is 1590. The summed E-state index contributed by atoms with van der Waals surface area (Å²) in [6.45, 7) is 4.31. The summed E-state index contributed by atoms with van der Waals surface area (Å²) < 4.78 is 11.1. The van der Waals surface area contributed by atoms with Crippen molar-refractivity contribution in [2.75, 3.05) is 18.6 Å². The molecule has 38 heavy (non-hydrogen) atoms. The van der Waals surface area contributed by atoms with Crippen LogP contribution in [0.1, 0.15) is 40.0 Å². The van der Waals surface area contributed by atoms with Gasteiger partial charge >= 0.3 is 11.9 Å². The predicted octanol–water partition coefficient (Wildman–Crippen LogP) is 5.42. The van der Waals surface area contributed by atoms with E-state index in [-0.39, 0.29) is 11.3 Å². The van der Waals surface area contributed by atoms with Crippen LogP contribution in [0.2, 0.25) is 0 Å². The van der Waals surface area contributed by atoms with Crippen LogP contribution in [0.25, 0.3) is 16.0 Å². The van der Waals surface area contributed by atoms with E-state index in [1.54, 1.807) is 48.5 Å². The van der Waals surface area contributed by atoms with Crippen molar-refractivity contribution in [3.63, 3.8) is 0 Å². The number of aryl methyl sites for hydroxylation is 1. The molecule has 0 aliphatic carbocycles. The summed E-state index contributed by atoms with van der Waals surface area (Å²) in [6.07, 6.45) is 0. The molecule has 0 saturated carbocycles. The van der Waals surface area contributed by atoms with Crippen LogP contribution >= 0.6 is 11.3 Å². The summed E-state index contributed by atoms with van der Waals surface area (Å²) in [5.74, 6) is -1.83. The molecule has 1 fully saturated rings. The SMILES string of the molecule is CCOc1ccc(C(O)=C2C(=O)C(=O)N(c3nc4ccc(C)cc4s3)C2c2ccc(C(=O)OC)cc2)cc1. The average molecular weight is 529 g/mol. The van der Waals surface area contributed by atoms with Gasteiger partial charge in [0.25, 0.3) is 5.78 Å². The van der Waals surface area contributed by atoms with E-state index in [0.717, 1.165) is 10.3 Å². The van der Waals surface area contributed by atoms with Crippen LogP contribution in [0.3, 0.4) is 0 Å². The van der Waals surface area contributed by atoms with Gasteiger partial charge in [-0.1, -0.05) is 29.5 Å². The van der Waals surface area contributed by atoms with E-state index in [9.17, 15) is 19.5 Å². The number of ketones is 1. The molecule has 1 amide bonds. The van der Waals surface area contributed by atoms with E-state index >= 15 is 0 Å². The first-order valence-electron chi connectivity index (χ1n) is 11.9. The smallest absolute Gasteiger partial charge is 0.337 e. The van der Waals surface area contributed by atoms with E-state index in [0.29, 0.717) is 39.7 Å². The molecule has 1 aliphatic rings. The number of nitrogens with zero attached hydrogens (tertiary/aromatic N) is 2. The highest BCUT2D eigenvalue weighted by atomic mass is 32.1. The topological polar surface area (TPSA) is 106 Å². The number of hydrogen-bond donors (Lipinski definition) is 1. The molecule has 2 heterocycles. The van der Waals surface area contributed by atoms with Crippen LogP contribution in [0, 0.1) is 6.92 Å². The summed E-state index contributed by atoms with van der Waals surface area (Å²) in [5.41, 5.74) is 2.88. The van der Waals surface area contributed by atoms with Gasteiger partial charge in [0.05, 0.1) is 41.1 Å². The molecule has 1 aliphatic heterocycles. The summed E-state index contributed by atoms with van der Waals surface area (Å²) in [4.78, 5) is 44.8. The summed E-state index contributed by atoms with van der Waals surface area (Å²) in [5, 5.41) is 11.7. The molecule has 1 saturated heterocycles. The average Bonchev–Trinajstić information content (AvgIpc) is 3.46. The molecule has 4 aromatic rings. The summed E-state index contributed by atoms with van der Waals surface area (Å²) in [6, 6.07) is 17.8. The molecule has 3 aromatic carbocycles. The third-order valence-corrected chi connectivity index (χ3v) is 7.29. The quantitative estimate of drug-likeness (QED) is 0.154. The van der Waals surface area contributed by atoms with Crippen LogP contribution in [-0.2, 0) is 14.3 Å². The number of thiazole rings is 1. The lowest BCUT2D eigenvalue weighted by Gasteiger charge is -2.23. The zero-order chi connectivity index (χ0) is 27.0. The Balaban J connectivity index is 1.67. The fourth-order valence-corrected chi connectivity index (χ4v) is 5.51. The number of rotatable bonds is 6. The third kappa shape index (κ3) is 4.41. The summed E-state index contributed by atoms with van der Waals surface area (Å²) in [7, 11) is 1.29. The largest absolute Gasteiger partial charge is 0.507 e. The number of esters is 1. The van der Waals surface area contributed by atoms with Crippen LogP contribution in [0.5, 0.6) is 5.75 Å². The van der Waals surface area contributed by atoms with Crippen molar-refractivity contribution in [3.05, 3.63) is 94.6 Å². The Morgan fingerprint density at radius 3 is 2.37 bits per heavy atom. The first kappa shape index (κ1) is 25.2. The first-order valence-corrected chi connectivity index (χ1v) is 12.7. The standard InChI is InChI=1S/C29H24N2O6S/c1-4-37-20-12-10-18(11-13-20)25(32)23-24(17-6-8-19(9-7-17)28(35)36-3)31(27(34)26(23)33)29-30-21-14-5-16(2)15-22(21)38-29/h5-15,24,32H,4H2,1-3H3. The van der Waals surface area contributed by atoms with Gasteiger partial charge in [-0.05, 0) is 73.5 Å². The molecule has 1 N–H and O–H groups in total. The molecule has 1 atom stereocenters. The van der Waals surface area contributed by atoms with Crippen molar-refractivity contribution in [1.82, 2.24) is 4.98 Å². The number of carbonyl (C=O) groups excluding carboxylic acids is 3. The number of ether oxygens (including phenoxy) is 2. The number of aliphatic hydroxyl groups is 1. The lowest BCUT2D eigenvalue weighted by Crippen LogP contribution is -2.29. The summed E-state index contributed by atoms with van der Waals surface area (Å²) >= 11 is 1.29. The van der Waals surface area contributed by atoms with E-state index in [2.05, 4.69) is 4.98 Å². The maximum absolute atomic E-state index is 13.4. The maximum atomic E-state index is 13.4. The van der Waals surface area contributed by atoms with Crippen LogP contribution in [-0.4, -0.2) is 41.5 Å². The van der Waals surface area contributed by atoms with Crippen molar-refractivity contribution in [2.45, 2.75) is 19.9 Å². The second-order valence-electron chi connectivity index (χ2n) is 8.71. The Kier molecular flexibility index (Phi) is 6.69. The number of Topliss-reactive ketones (excluding diaryl/α,β-unsaturated/α-hetero) is 1. The van der Waals surface area contributed by atoms with Crippen molar-refractivity contribution < 1.29 is 29.0 Å². The van der Waals surface area contributed by atoms with E-state index in [1.165, 1.54) is 23.3 Å². The Hall–Kier alpha value is -4.50. The van der Waals surface area contributed by atoms with Crippen molar-refractivity contribution in [1.29, 1.82) is 0 Å². The third-order valence-electron chi connectivity index (χ3n) is 6.27. The van der Waals surface area contributed by atoms with Gasteiger partial charge in [0.15, 0.2) is 5.13 Å². The second kappa shape index (κ2) is 10.1. The second-order valence-corrected chi connectivity index (χ2v) is 9.72. The monoisotopic (exact) mass is 528 g/mol. The van der Waals surface area contributed by atoms with E-state index in [1.807, 2.05) is 32.0 Å². The molecule has 5 rings (SSSR count). The minimum Gasteiger partial charge on any atom is -0.507 e. The fraction of sp³-hybridized carbons (Fsp3) is 0.172. The molecule has 0 bridgehead atoms. The number of fused-ring (bicyclic) bond motifs is 1. The normalized spacial score (nSPS) is 16.7. The number of carbonyl (C=O) groups is 3. The van der Waals surface area contributed by atoms with Gasteiger partial charge in [-0.15, -0.1) is 0 Å². The minimum atomic E-state index is -0.963. The number of amides is 1. The molecular weight excluding hydrogens is 504 g/mol. The molecule has 1 aromatic heterocycles. The Morgan fingerprint density at radius 2 is 1.71 bits per heavy atom. The van der Waals surface area contributed by atoms with Crippen LogP contribution < -0.4 is 9.64 Å². The fourth-order valence-electron chi connectivity index (χ4n) is 4.42. The highest BCUT2D eigenvalue weighted by Crippen LogP contribution is 2.44. The number of methoxy groups -OCH3 is 1. The van der Waals surface area contributed by atoms with E-state index in [4.69, 9.17) is 9.47 Å². The van der Waals surface area contributed by atoms with Gasteiger partial charge in [-0.2, -0.15) is 0 Å². The molecule has 0 radical (unpaired) electrons. The van der Waals surface area contributed by atoms with E-state index < -0.39 is 23.7 Å². The Labute approximate surface area is 222 Å². The zero-order valence-corrected chi connectivity index (χ0v) is 21.7.